The molecule has 0 bridgehead atoms. The van der Waals surface area contributed by atoms with Gasteiger partial charge < -0.3 is 15.0 Å². The van der Waals surface area contributed by atoms with Crippen molar-refractivity contribution in [2.75, 3.05) is 18.5 Å². The number of carbonyl (C=O) groups is 2. The Kier molecular flexibility index (Phi) is 7.55. The van der Waals surface area contributed by atoms with Crippen LogP contribution in [0.15, 0.2) is 54.9 Å². The zero-order chi connectivity index (χ0) is 23.9. The summed E-state index contributed by atoms with van der Waals surface area (Å²) < 4.78 is 5.44. The maximum absolute atomic E-state index is 12.7. The second kappa shape index (κ2) is 10.9. The number of pyridine rings is 1. The highest BCUT2D eigenvalue weighted by molar-refractivity contribution is 7.16. The van der Waals surface area contributed by atoms with Crippen molar-refractivity contribution in [2.24, 2.45) is 0 Å². The summed E-state index contributed by atoms with van der Waals surface area (Å²) >= 11 is 1.37. The Morgan fingerprint density at radius 1 is 1.26 bits per heavy atom. The largest absolute Gasteiger partial charge is 0.449 e. The first-order chi connectivity index (χ1) is 16.5. The van der Waals surface area contributed by atoms with E-state index >= 15 is 0 Å². The van der Waals surface area contributed by atoms with Gasteiger partial charge in [0.05, 0.1) is 18.7 Å². The average Bonchev–Trinajstić information content (AvgIpc) is 3.20. The minimum atomic E-state index is -0.372. The number of hydrogen-bond donors (Lipinski definition) is 1. The van der Waals surface area contributed by atoms with Gasteiger partial charge in [0.15, 0.2) is 0 Å². The fraction of sp³-hybridized carbons (Fsp3) is 0.308. The van der Waals surface area contributed by atoms with E-state index in [-0.39, 0.29) is 24.5 Å². The minimum absolute atomic E-state index is 0.0678. The molecule has 0 radical (unpaired) electrons. The van der Waals surface area contributed by atoms with Crippen LogP contribution in [-0.4, -0.2) is 35.0 Å². The van der Waals surface area contributed by atoms with Gasteiger partial charge in [-0.15, -0.1) is 11.3 Å². The zero-order valence-electron chi connectivity index (χ0n) is 19.0. The zero-order valence-corrected chi connectivity index (χ0v) is 19.8. The van der Waals surface area contributed by atoms with Crippen molar-refractivity contribution in [2.45, 2.75) is 38.6 Å². The van der Waals surface area contributed by atoms with Crippen LogP contribution in [0.5, 0.6) is 0 Å². The number of nitrogens with one attached hydrogen (secondary N) is 1. The van der Waals surface area contributed by atoms with Crippen molar-refractivity contribution in [1.29, 1.82) is 5.26 Å². The predicted octanol–water partition coefficient (Wildman–Crippen LogP) is 4.88. The Hall–Kier alpha value is -3.70. The molecule has 2 amide bonds. The Morgan fingerprint density at radius 3 is 2.82 bits per heavy atom. The summed E-state index contributed by atoms with van der Waals surface area (Å²) in [4.78, 5) is 31.9. The van der Waals surface area contributed by atoms with Gasteiger partial charge in [-0.2, -0.15) is 5.26 Å². The molecule has 8 heteroatoms. The normalized spacial score (nSPS) is 13.5. The quantitative estimate of drug-likeness (QED) is 0.526. The third-order valence-electron chi connectivity index (χ3n) is 5.88. The molecule has 0 aliphatic carbocycles. The first-order valence-electron chi connectivity index (χ1n) is 11.2. The number of nitrogens with zero attached hydrogens (tertiary/aromatic N) is 3. The van der Waals surface area contributed by atoms with Gasteiger partial charge in [0.1, 0.15) is 11.1 Å². The summed E-state index contributed by atoms with van der Waals surface area (Å²) in [7, 11) is 0. The molecule has 1 aliphatic heterocycles. The van der Waals surface area contributed by atoms with Crippen LogP contribution in [0.2, 0.25) is 0 Å². The second-order valence-corrected chi connectivity index (χ2v) is 9.39. The number of carbonyl (C=O) groups excluding carboxylic acids is 2. The molecule has 174 valence electrons. The molecule has 7 nitrogen and oxygen atoms in total. The summed E-state index contributed by atoms with van der Waals surface area (Å²) in [5.41, 5.74) is 3.53. The number of ether oxygens (including phenoxy) is 1. The molecule has 3 aromatic rings. The number of nitriles is 1. The van der Waals surface area contributed by atoms with E-state index in [9.17, 15) is 14.9 Å². The van der Waals surface area contributed by atoms with Crippen LogP contribution in [0, 0.1) is 11.3 Å². The van der Waals surface area contributed by atoms with Gasteiger partial charge >= 0.3 is 6.09 Å². The predicted molar refractivity (Wildman–Crippen MR) is 131 cm³/mol. The molecule has 3 heterocycles. The molecule has 1 atom stereocenters. The van der Waals surface area contributed by atoms with Crippen LogP contribution in [-0.2, 0) is 28.9 Å². The summed E-state index contributed by atoms with van der Waals surface area (Å²) in [6, 6.07) is 15.9. The number of hydrogen-bond acceptors (Lipinski definition) is 6. The van der Waals surface area contributed by atoms with Gasteiger partial charge in [0.2, 0.25) is 5.91 Å². The molecular formula is C26H26N4O3S. The van der Waals surface area contributed by atoms with Gasteiger partial charge in [-0.25, -0.2) is 4.79 Å². The maximum Gasteiger partial charge on any atom is 0.410 e. The summed E-state index contributed by atoms with van der Waals surface area (Å²) in [5.74, 6) is -0.0589. The van der Waals surface area contributed by atoms with E-state index in [2.05, 4.69) is 16.4 Å². The van der Waals surface area contributed by atoms with Crippen molar-refractivity contribution < 1.29 is 14.3 Å². The number of thiophene rings is 1. The molecule has 4 rings (SSSR count). The van der Waals surface area contributed by atoms with E-state index in [4.69, 9.17) is 4.74 Å². The number of amides is 2. The van der Waals surface area contributed by atoms with Crippen LogP contribution in [0.3, 0.4) is 0 Å². The topological polar surface area (TPSA) is 95.3 Å². The van der Waals surface area contributed by atoms with Crippen LogP contribution in [0.25, 0.3) is 0 Å². The Bertz CT molecular complexity index is 1190. The highest BCUT2D eigenvalue weighted by Gasteiger charge is 2.28. The summed E-state index contributed by atoms with van der Waals surface area (Å²) in [6.45, 7) is 3.14. The van der Waals surface area contributed by atoms with Gasteiger partial charge in [0, 0.05) is 36.7 Å². The lowest BCUT2D eigenvalue weighted by Gasteiger charge is -2.26. The molecular weight excluding hydrogens is 448 g/mol. The molecule has 2 aromatic heterocycles. The lowest BCUT2D eigenvalue weighted by atomic mass is 9.97. The van der Waals surface area contributed by atoms with Crippen molar-refractivity contribution in [3.05, 3.63) is 82.0 Å². The monoisotopic (exact) mass is 474 g/mol. The summed E-state index contributed by atoms with van der Waals surface area (Å²) in [6.07, 6.45) is 4.58. The molecule has 1 aromatic carbocycles. The van der Waals surface area contributed by atoms with E-state index in [0.29, 0.717) is 42.9 Å². The second-order valence-electron chi connectivity index (χ2n) is 8.28. The fourth-order valence-corrected chi connectivity index (χ4v) is 5.24. The Balaban J connectivity index is 1.35. The lowest BCUT2D eigenvalue weighted by molar-refractivity contribution is -0.116. The van der Waals surface area contributed by atoms with Gasteiger partial charge in [-0.3, -0.25) is 9.78 Å². The minimum Gasteiger partial charge on any atom is -0.449 e. The summed E-state index contributed by atoms with van der Waals surface area (Å²) in [5, 5.41) is 13.2. The Morgan fingerprint density at radius 2 is 2.09 bits per heavy atom. The van der Waals surface area contributed by atoms with Crippen LogP contribution in [0.1, 0.15) is 46.4 Å². The molecule has 1 N–H and O–H groups in total. The smallest absolute Gasteiger partial charge is 0.410 e. The first-order valence-corrected chi connectivity index (χ1v) is 12.1. The van der Waals surface area contributed by atoms with Crippen molar-refractivity contribution >= 4 is 28.3 Å². The van der Waals surface area contributed by atoms with Crippen molar-refractivity contribution in [3.63, 3.8) is 0 Å². The highest BCUT2D eigenvalue weighted by Crippen LogP contribution is 2.37. The standard InChI is InChI=1S/C26H26N4O3S/c1-18(20-7-3-2-4-8-20)14-24(31)29-25-22(15-27)21-9-12-30(17-23(21)34-25)26(32)33-13-10-19-6-5-11-28-16-19/h2-8,11,16,18H,9-10,12-14,17H2,1H3,(H,29,31)/t18-/m0/s1. The average molecular weight is 475 g/mol. The molecule has 0 spiro atoms. The molecule has 0 saturated carbocycles. The molecule has 34 heavy (non-hydrogen) atoms. The first kappa shape index (κ1) is 23.5. The van der Waals surface area contributed by atoms with Gasteiger partial charge in [-0.05, 0) is 35.1 Å². The van der Waals surface area contributed by atoms with Gasteiger partial charge in [-0.1, -0.05) is 43.3 Å². The number of rotatable bonds is 7. The SMILES string of the molecule is C[C@@H](CC(=O)Nc1sc2c(c1C#N)CCN(C(=O)OCCc1cccnc1)C2)c1ccccc1. The molecule has 0 unspecified atom stereocenters. The van der Waals surface area contributed by atoms with Crippen molar-refractivity contribution in [3.8, 4) is 6.07 Å². The van der Waals surface area contributed by atoms with Crippen LogP contribution >= 0.6 is 11.3 Å². The van der Waals surface area contributed by atoms with Crippen LogP contribution < -0.4 is 5.32 Å². The lowest BCUT2D eigenvalue weighted by Crippen LogP contribution is -2.36. The fourth-order valence-electron chi connectivity index (χ4n) is 4.01. The van der Waals surface area contributed by atoms with Crippen LogP contribution in [0.4, 0.5) is 9.80 Å². The van der Waals surface area contributed by atoms with E-state index in [1.54, 1.807) is 17.3 Å². The third-order valence-corrected chi connectivity index (χ3v) is 7.01. The maximum atomic E-state index is 12.7. The number of anilines is 1. The molecule has 0 saturated heterocycles. The van der Waals surface area contributed by atoms with Gasteiger partial charge in [0.25, 0.3) is 0 Å². The molecule has 1 aliphatic rings. The number of fused-ring (bicyclic) bond motifs is 1. The van der Waals surface area contributed by atoms with E-state index < -0.39 is 0 Å². The van der Waals surface area contributed by atoms with Crippen molar-refractivity contribution in [1.82, 2.24) is 9.88 Å². The van der Waals surface area contributed by atoms with E-state index in [0.717, 1.165) is 21.6 Å². The molecule has 0 fully saturated rings. The highest BCUT2D eigenvalue weighted by atomic mass is 32.1. The number of aromatic nitrogens is 1. The third kappa shape index (κ3) is 5.61. The Labute approximate surface area is 203 Å². The van der Waals surface area contributed by atoms with E-state index in [1.807, 2.05) is 49.4 Å². The number of benzene rings is 1. The van der Waals surface area contributed by atoms with E-state index in [1.165, 1.54) is 11.3 Å².